The summed E-state index contributed by atoms with van der Waals surface area (Å²) in [6.45, 7) is 0. The van der Waals surface area contributed by atoms with E-state index in [1.807, 2.05) is 11.8 Å². The smallest absolute Gasteiger partial charge is 0.154 e. The molecule has 4 heteroatoms. The van der Waals surface area contributed by atoms with Crippen LogP contribution in [0.1, 0.15) is 22.7 Å². The quantitative estimate of drug-likeness (QED) is 0.898. The Morgan fingerprint density at radius 1 is 1.00 bits per heavy atom. The zero-order valence-corrected chi connectivity index (χ0v) is 13.4. The van der Waals surface area contributed by atoms with E-state index in [-0.39, 0.29) is 6.04 Å². The predicted octanol–water partition coefficient (Wildman–Crippen LogP) is 4.22. The Kier molecular flexibility index (Phi) is 4.88. The lowest BCUT2D eigenvalue weighted by atomic mass is 10.1. The van der Waals surface area contributed by atoms with Gasteiger partial charge in [-0.15, -0.1) is 0 Å². The first-order valence-electron chi connectivity index (χ1n) is 6.98. The highest BCUT2D eigenvalue weighted by Crippen LogP contribution is 2.29. The Morgan fingerprint density at radius 3 is 2.29 bits per heavy atom. The Bertz CT molecular complexity index is 608. The lowest BCUT2D eigenvalue weighted by Gasteiger charge is -2.07. The van der Waals surface area contributed by atoms with E-state index in [2.05, 4.69) is 59.6 Å². The summed E-state index contributed by atoms with van der Waals surface area (Å²) in [5.41, 5.74) is 9.73. The number of aliphatic imine (C=N–C) groups is 1. The van der Waals surface area contributed by atoms with Crippen LogP contribution in [0.4, 0.5) is 0 Å². The lowest BCUT2D eigenvalue weighted by Crippen LogP contribution is -2.01. The third-order valence-corrected chi connectivity index (χ3v) is 5.38. The van der Waals surface area contributed by atoms with Crippen LogP contribution >= 0.6 is 23.5 Å². The van der Waals surface area contributed by atoms with Crippen molar-refractivity contribution >= 4 is 28.7 Å². The molecule has 0 radical (unpaired) electrons. The molecule has 0 saturated carbocycles. The lowest BCUT2D eigenvalue weighted by molar-refractivity contribution is 0.847. The molecule has 3 rings (SSSR count). The number of nitrogens with two attached hydrogens (primary N) is 1. The van der Waals surface area contributed by atoms with Crippen molar-refractivity contribution in [1.29, 1.82) is 0 Å². The fourth-order valence-corrected chi connectivity index (χ4v) is 4.02. The minimum atomic E-state index is 0.237. The van der Waals surface area contributed by atoms with E-state index < -0.39 is 0 Å². The molecule has 2 N–H and O–H groups in total. The maximum absolute atomic E-state index is 5.72. The number of thioether (sulfide) groups is 2. The number of rotatable bonds is 5. The summed E-state index contributed by atoms with van der Waals surface area (Å²) in [7, 11) is 0. The maximum Gasteiger partial charge on any atom is 0.154 e. The third-order valence-electron chi connectivity index (χ3n) is 3.42. The standard InChI is InChI=1S/C17H18N2S2/c18-17-19-16(12-21-17)15-8-6-14(7-9-15)11-20-10-13-4-2-1-3-5-13/h1-9,16H,10-12H2,(H2,18,19). The van der Waals surface area contributed by atoms with E-state index in [9.17, 15) is 0 Å². The molecule has 0 aliphatic carbocycles. The van der Waals surface area contributed by atoms with Crippen LogP contribution in [0.5, 0.6) is 0 Å². The van der Waals surface area contributed by atoms with Crippen molar-refractivity contribution in [2.75, 3.05) is 5.75 Å². The molecule has 0 aromatic heterocycles. The van der Waals surface area contributed by atoms with Gasteiger partial charge in [0.2, 0.25) is 0 Å². The van der Waals surface area contributed by atoms with Crippen molar-refractivity contribution in [3.05, 3.63) is 71.3 Å². The Balaban J connectivity index is 1.53. The fraction of sp³-hybridized carbons (Fsp3) is 0.235. The van der Waals surface area contributed by atoms with Crippen molar-refractivity contribution in [3.8, 4) is 0 Å². The van der Waals surface area contributed by atoms with Crippen molar-refractivity contribution < 1.29 is 0 Å². The maximum atomic E-state index is 5.72. The number of amidine groups is 1. The zero-order valence-electron chi connectivity index (χ0n) is 11.7. The molecule has 21 heavy (non-hydrogen) atoms. The summed E-state index contributed by atoms with van der Waals surface area (Å²) in [6, 6.07) is 19.6. The Morgan fingerprint density at radius 2 is 1.67 bits per heavy atom. The third kappa shape index (κ3) is 4.05. The van der Waals surface area contributed by atoms with Crippen molar-refractivity contribution in [2.24, 2.45) is 10.7 Å². The topological polar surface area (TPSA) is 38.4 Å². The molecular weight excluding hydrogens is 296 g/mol. The predicted molar refractivity (Wildman–Crippen MR) is 94.7 cm³/mol. The minimum Gasteiger partial charge on any atom is -0.379 e. The molecule has 2 aromatic carbocycles. The molecule has 0 spiro atoms. The van der Waals surface area contributed by atoms with Gasteiger partial charge in [0.15, 0.2) is 5.17 Å². The van der Waals surface area contributed by atoms with Gasteiger partial charge in [0.05, 0.1) is 6.04 Å². The van der Waals surface area contributed by atoms with Gasteiger partial charge in [-0.2, -0.15) is 11.8 Å². The first-order valence-corrected chi connectivity index (χ1v) is 9.12. The molecule has 0 amide bonds. The van der Waals surface area contributed by atoms with E-state index in [0.717, 1.165) is 17.3 Å². The van der Waals surface area contributed by atoms with E-state index in [0.29, 0.717) is 5.17 Å². The summed E-state index contributed by atoms with van der Waals surface area (Å²) in [5.74, 6) is 3.07. The Labute approximate surface area is 134 Å². The van der Waals surface area contributed by atoms with E-state index >= 15 is 0 Å². The van der Waals surface area contributed by atoms with E-state index in [1.165, 1.54) is 16.7 Å². The molecule has 0 saturated heterocycles. The van der Waals surface area contributed by atoms with Crippen molar-refractivity contribution in [3.63, 3.8) is 0 Å². The van der Waals surface area contributed by atoms with Gasteiger partial charge in [-0.25, -0.2) is 0 Å². The van der Waals surface area contributed by atoms with Gasteiger partial charge in [-0.05, 0) is 16.7 Å². The molecule has 0 bridgehead atoms. The summed E-state index contributed by atoms with van der Waals surface area (Å²) in [5, 5.41) is 0.711. The number of hydrogen-bond donors (Lipinski definition) is 1. The van der Waals surface area contributed by atoms with Crippen LogP contribution in [0.25, 0.3) is 0 Å². The first kappa shape index (κ1) is 14.5. The highest BCUT2D eigenvalue weighted by Gasteiger charge is 2.17. The molecule has 1 atom stereocenters. The highest BCUT2D eigenvalue weighted by atomic mass is 32.2. The zero-order chi connectivity index (χ0) is 14.5. The van der Waals surface area contributed by atoms with E-state index in [1.54, 1.807) is 11.8 Å². The van der Waals surface area contributed by atoms with Crippen LogP contribution in [0.3, 0.4) is 0 Å². The van der Waals surface area contributed by atoms with Crippen LogP contribution in [0.2, 0.25) is 0 Å². The molecule has 1 unspecified atom stereocenters. The van der Waals surface area contributed by atoms with Crippen LogP contribution < -0.4 is 5.73 Å². The van der Waals surface area contributed by atoms with Crippen LogP contribution in [0, 0.1) is 0 Å². The van der Waals surface area contributed by atoms with Gasteiger partial charge < -0.3 is 5.73 Å². The van der Waals surface area contributed by atoms with E-state index in [4.69, 9.17) is 5.73 Å². The first-order chi connectivity index (χ1) is 10.3. The van der Waals surface area contributed by atoms with Crippen LogP contribution in [0.15, 0.2) is 59.6 Å². The SMILES string of the molecule is NC1=NC(c2ccc(CSCc3ccccc3)cc2)CS1. The molecule has 1 heterocycles. The largest absolute Gasteiger partial charge is 0.379 e. The molecule has 1 aliphatic heterocycles. The second-order valence-corrected chi connectivity index (χ2v) is 7.04. The summed E-state index contributed by atoms with van der Waals surface area (Å²) >= 11 is 3.59. The van der Waals surface area contributed by atoms with Gasteiger partial charge >= 0.3 is 0 Å². The average Bonchev–Trinajstić information content (AvgIpc) is 2.96. The van der Waals surface area contributed by atoms with Gasteiger partial charge in [-0.3, -0.25) is 4.99 Å². The molecule has 1 aliphatic rings. The number of hydrogen-bond acceptors (Lipinski definition) is 4. The van der Waals surface area contributed by atoms with Crippen molar-refractivity contribution in [1.82, 2.24) is 0 Å². The van der Waals surface area contributed by atoms with Crippen molar-refractivity contribution in [2.45, 2.75) is 17.5 Å². The molecular formula is C17H18N2S2. The number of benzene rings is 2. The van der Waals surface area contributed by atoms with Gasteiger partial charge in [0, 0.05) is 17.3 Å². The fourth-order valence-electron chi connectivity index (χ4n) is 2.26. The summed E-state index contributed by atoms with van der Waals surface area (Å²) < 4.78 is 0. The second-order valence-electron chi connectivity index (χ2n) is 5.01. The van der Waals surface area contributed by atoms with Crippen LogP contribution in [-0.2, 0) is 11.5 Å². The second kappa shape index (κ2) is 7.05. The molecule has 108 valence electrons. The average molecular weight is 314 g/mol. The Hall–Kier alpha value is -1.39. The number of nitrogens with zero attached hydrogens (tertiary/aromatic N) is 1. The highest BCUT2D eigenvalue weighted by molar-refractivity contribution is 8.14. The summed E-state index contributed by atoms with van der Waals surface area (Å²) in [6.07, 6.45) is 0. The van der Waals surface area contributed by atoms with Gasteiger partial charge in [0.1, 0.15) is 0 Å². The molecule has 2 nitrogen and oxygen atoms in total. The molecule has 2 aromatic rings. The molecule has 0 fully saturated rings. The normalized spacial score (nSPS) is 17.7. The van der Waals surface area contributed by atoms with Gasteiger partial charge in [0.25, 0.3) is 0 Å². The van der Waals surface area contributed by atoms with Gasteiger partial charge in [-0.1, -0.05) is 66.4 Å². The monoisotopic (exact) mass is 314 g/mol. The minimum absolute atomic E-state index is 0.237. The summed E-state index contributed by atoms with van der Waals surface area (Å²) in [4.78, 5) is 4.44. The van der Waals surface area contributed by atoms with Crippen LogP contribution in [-0.4, -0.2) is 10.9 Å².